The van der Waals surface area contributed by atoms with Crippen LogP contribution < -0.4 is 10.6 Å². The van der Waals surface area contributed by atoms with Crippen LogP contribution in [-0.4, -0.2) is 38.3 Å². The predicted octanol–water partition coefficient (Wildman–Crippen LogP) is 3.37. The van der Waals surface area contributed by atoms with Crippen LogP contribution in [0.15, 0.2) is 23.2 Å². The molecule has 0 bridgehead atoms. The van der Waals surface area contributed by atoms with Gasteiger partial charge in [0.25, 0.3) is 0 Å². The Kier molecular flexibility index (Phi) is 9.81. The Balaban J connectivity index is 0.00000264. The van der Waals surface area contributed by atoms with E-state index in [2.05, 4.69) is 15.6 Å². The number of nitrogens with zero attached hydrogens (tertiary/aromatic N) is 1. The minimum absolute atomic E-state index is 0. The summed E-state index contributed by atoms with van der Waals surface area (Å²) in [7, 11) is 0. The van der Waals surface area contributed by atoms with Gasteiger partial charge in [0, 0.05) is 24.7 Å². The second kappa shape index (κ2) is 11.0. The van der Waals surface area contributed by atoms with Gasteiger partial charge in [-0.1, -0.05) is 17.7 Å². The highest BCUT2D eigenvalue weighted by Crippen LogP contribution is 2.17. The van der Waals surface area contributed by atoms with E-state index in [1.54, 1.807) is 6.07 Å². The lowest BCUT2D eigenvalue weighted by Gasteiger charge is -2.13. The first-order valence-corrected chi connectivity index (χ1v) is 8.14. The molecule has 130 valence electrons. The number of hydrogen-bond donors (Lipinski definition) is 2. The van der Waals surface area contributed by atoms with Gasteiger partial charge in [-0.05, 0) is 43.9 Å². The zero-order valence-corrected chi connectivity index (χ0v) is 16.4. The van der Waals surface area contributed by atoms with E-state index in [1.807, 2.05) is 6.92 Å². The molecule has 1 atom stereocenters. The maximum atomic E-state index is 13.0. The Labute approximate surface area is 159 Å². The number of nitrogens with one attached hydrogen (secondary N) is 2. The first-order valence-electron chi connectivity index (χ1n) is 7.76. The molecule has 1 aliphatic rings. The molecule has 0 amide bonds. The highest BCUT2D eigenvalue weighted by atomic mass is 127. The van der Waals surface area contributed by atoms with Crippen molar-refractivity contribution in [3.05, 3.63) is 34.6 Å². The number of benzene rings is 1. The van der Waals surface area contributed by atoms with Gasteiger partial charge in [0.2, 0.25) is 0 Å². The van der Waals surface area contributed by atoms with E-state index >= 15 is 0 Å². The molecule has 0 saturated carbocycles. The molecule has 1 aromatic carbocycles. The summed E-state index contributed by atoms with van der Waals surface area (Å²) in [4.78, 5) is 4.54. The summed E-state index contributed by atoms with van der Waals surface area (Å²) >= 11 is 6.02. The Morgan fingerprint density at radius 2 is 2.26 bits per heavy atom. The average Bonchev–Trinajstić information content (AvgIpc) is 3.00. The fourth-order valence-electron chi connectivity index (χ4n) is 2.36. The lowest BCUT2D eigenvalue weighted by Crippen LogP contribution is -2.39. The molecular formula is C16H24ClFIN3O. The van der Waals surface area contributed by atoms with Crippen LogP contribution in [0.25, 0.3) is 0 Å². The fraction of sp³-hybridized carbons (Fsp3) is 0.562. The number of guanidine groups is 1. The van der Waals surface area contributed by atoms with Crippen molar-refractivity contribution in [2.24, 2.45) is 4.99 Å². The quantitative estimate of drug-likeness (QED) is 0.393. The third-order valence-corrected chi connectivity index (χ3v) is 3.87. The van der Waals surface area contributed by atoms with Crippen molar-refractivity contribution >= 4 is 41.5 Å². The van der Waals surface area contributed by atoms with Gasteiger partial charge in [0.15, 0.2) is 5.96 Å². The summed E-state index contributed by atoms with van der Waals surface area (Å²) in [5, 5.41) is 6.93. The van der Waals surface area contributed by atoms with Gasteiger partial charge in [0.1, 0.15) is 5.82 Å². The normalized spacial score (nSPS) is 17.7. The van der Waals surface area contributed by atoms with Crippen molar-refractivity contribution in [3.8, 4) is 0 Å². The summed E-state index contributed by atoms with van der Waals surface area (Å²) in [5.41, 5.74) is 0.922. The maximum absolute atomic E-state index is 13.0. The molecule has 1 heterocycles. The maximum Gasteiger partial charge on any atom is 0.191 e. The Morgan fingerprint density at radius 1 is 1.43 bits per heavy atom. The minimum Gasteiger partial charge on any atom is -0.376 e. The van der Waals surface area contributed by atoms with Gasteiger partial charge in [-0.2, -0.15) is 0 Å². The van der Waals surface area contributed by atoms with Gasteiger partial charge in [0.05, 0.1) is 12.6 Å². The predicted molar refractivity (Wildman–Crippen MR) is 103 cm³/mol. The monoisotopic (exact) mass is 455 g/mol. The Hall–Kier alpha value is -0.600. The first-order chi connectivity index (χ1) is 10.7. The van der Waals surface area contributed by atoms with E-state index in [0.717, 1.165) is 37.5 Å². The molecule has 0 aliphatic carbocycles. The highest BCUT2D eigenvalue weighted by molar-refractivity contribution is 14.0. The van der Waals surface area contributed by atoms with Crippen LogP contribution in [0.5, 0.6) is 0 Å². The van der Waals surface area contributed by atoms with Crippen LogP contribution in [0.2, 0.25) is 5.02 Å². The lowest BCUT2D eigenvalue weighted by atomic mass is 10.1. The van der Waals surface area contributed by atoms with Gasteiger partial charge in [-0.15, -0.1) is 24.0 Å². The molecule has 0 spiro atoms. The molecule has 1 saturated heterocycles. The van der Waals surface area contributed by atoms with Crippen LogP contribution in [0.1, 0.15) is 25.3 Å². The number of ether oxygens (including phenoxy) is 1. The van der Waals surface area contributed by atoms with Crippen LogP contribution in [0, 0.1) is 5.82 Å². The smallest absolute Gasteiger partial charge is 0.191 e. The van der Waals surface area contributed by atoms with E-state index < -0.39 is 0 Å². The first kappa shape index (κ1) is 20.4. The van der Waals surface area contributed by atoms with Crippen LogP contribution in [0.3, 0.4) is 0 Å². The third kappa shape index (κ3) is 7.22. The number of hydrogen-bond acceptors (Lipinski definition) is 2. The van der Waals surface area contributed by atoms with Crippen LogP contribution in [-0.2, 0) is 11.2 Å². The second-order valence-electron chi connectivity index (χ2n) is 5.27. The summed E-state index contributed by atoms with van der Waals surface area (Å²) in [5.74, 6) is 0.462. The molecule has 2 rings (SSSR count). The summed E-state index contributed by atoms with van der Waals surface area (Å²) in [6.07, 6.45) is 3.15. The standard InChI is InChI=1S/C16H23ClFN3O.HI/c1-2-19-16(21-11-14-4-3-9-22-14)20-8-7-12-5-6-13(18)10-15(12)17;/h5-6,10,14H,2-4,7-9,11H2,1H3,(H2,19,20,21);1H. The summed E-state index contributed by atoms with van der Waals surface area (Å²) in [6, 6.07) is 4.49. The SMILES string of the molecule is CCNC(=NCC1CCCO1)NCCc1ccc(F)cc1Cl.I. The highest BCUT2D eigenvalue weighted by Gasteiger charge is 2.14. The average molecular weight is 456 g/mol. The molecule has 1 aromatic rings. The molecule has 1 aliphatic heterocycles. The van der Waals surface area contributed by atoms with Crippen LogP contribution in [0.4, 0.5) is 4.39 Å². The fourth-order valence-corrected chi connectivity index (χ4v) is 2.62. The van der Waals surface area contributed by atoms with Crippen LogP contribution >= 0.6 is 35.6 Å². The number of aliphatic imine (C=N–C) groups is 1. The van der Waals surface area contributed by atoms with Crippen molar-refractivity contribution in [1.29, 1.82) is 0 Å². The van der Waals surface area contributed by atoms with Crippen molar-refractivity contribution in [2.75, 3.05) is 26.2 Å². The second-order valence-corrected chi connectivity index (χ2v) is 5.67. The minimum atomic E-state index is -0.312. The number of halogens is 3. The summed E-state index contributed by atoms with van der Waals surface area (Å²) < 4.78 is 18.6. The Morgan fingerprint density at radius 3 is 2.91 bits per heavy atom. The number of rotatable bonds is 6. The molecule has 23 heavy (non-hydrogen) atoms. The van der Waals surface area contributed by atoms with Crippen molar-refractivity contribution < 1.29 is 9.13 Å². The van der Waals surface area contributed by atoms with E-state index in [9.17, 15) is 4.39 Å². The lowest BCUT2D eigenvalue weighted by molar-refractivity contribution is 0.117. The topological polar surface area (TPSA) is 45.7 Å². The zero-order valence-electron chi connectivity index (χ0n) is 13.3. The largest absolute Gasteiger partial charge is 0.376 e. The van der Waals surface area contributed by atoms with E-state index in [4.69, 9.17) is 16.3 Å². The van der Waals surface area contributed by atoms with Gasteiger partial charge >= 0.3 is 0 Å². The van der Waals surface area contributed by atoms with E-state index in [0.29, 0.717) is 24.5 Å². The molecule has 2 N–H and O–H groups in total. The molecule has 4 nitrogen and oxygen atoms in total. The zero-order chi connectivity index (χ0) is 15.8. The van der Waals surface area contributed by atoms with Crippen molar-refractivity contribution in [1.82, 2.24) is 10.6 Å². The summed E-state index contributed by atoms with van der Waals surface area (Å²) in [6.45, 7) is 5.03. The van der Waals surface area contributed by atoms with Crippen molar-refractivity contribution in [3.63, 3.8) is 0 Å². The van der Waals surface area contributed by atoms with Gasteiger partial charge in [-0.25, -0.2) is 4.39 Å². The van der Waals surface area contributed by atoms with Gasteiger partial charge < -0.3 is 15.4 Å². The third-order valence-electron chi connectivity index (χ3n) is 3.52. The van der Waals surface area contributed by atoms with Gasteiger partial charge in [-0.3, -0.25) is 4.99 Å². The molecule has 1 unspecified atom stereocenters. The molecule has 0 aromatic heterocycles. The van der Waals surface area contributed by atoms with Crippen molar-refractivity contribution in [2.45, 2.75) is 32.3 Å². The molecular weight excluding hydrogens is 432 g/mol. The Bertz CT molecular complexity index is 510. The van der Waals surface area contributed by atoms with E-state index in [-0.39, 0.29) is 35.9 Å². The molecule has 1 fully saturated rings. The molecule has 7 heteroatoms. The van der Waals surface area contributed by atoms with E-state index in [1.165, 1.54) is 12.1 Å². The molecule has 0 radical (unpaired) electrons.